The van der Waals surface area contributed by atoms with Crippen molar-refractivity contribution in [1.82, 2.24) is 0 Å². The van der Waals surface area contributed by atoms with Crippen LogP contribution in [0.1, 0.15) is 0 Å². The van der Waals surface area contributed by atoms with Crippen molar-refractivity contribution in [2.24, 2.45) is 0 Å². The monoisotopic (exact) mass is 339 g/mol. The van der Waals surface area contributed by atoms with Crippen LogP contribution in [0, 0.1) is 0 Å². The van der Waals surface area contributed by atoms with E-state index >= 15 is 0 Å². The van der Waals surface area contributed by atoms with Gasteiger partial charge in [-0.05, 0) is 58.4 Å². The molecule has 0 saturated heterocycles. The molecule has 0 spiro atoms. The highest BCUT2D eigenvalue weighted by molar-refractivity contribution is 9.10. The van der Waals surface area contributed by atoms with Crippen molar-refractivity contribution in [3.05, 3.63) is 83.3 Å². The van der Waals surface area contributed by atoms with Gasteiger partial charge in [0, 0.05) is 15.8 Å². The van der Waals surface area contributed by atoms with Gasteiger partial charge in [-0.3, -0.25) is 0 Å². The molecule has 104 valence electrons. The molecule has 0 heterocycles. The summed E-state index contributed by atoms with van der Waals surface area (Å²) < 4.78 is 0.843. The summed E-state index contributed by atoms with van der Waals surface area (Å²) in [4.78, 5) is 2.14. The summed E-state index contributed by atoms with van der Waals surface area (Å²) in [5, 5.41) is 9.61. The number of halogens is 1. The number of phenolic OH excluding ortho intramolecular Hbond substituents is 1. The number of aromatic hydroxyl groups is 1. The molecule has 21 heavy (non-hydrogen) atoms. The molecule has 0 aliphatic heterocycles. The van der Waals surface area contributed by atoms with Gasteiger partial charge in [-0.2, -0.15) is 0 Å². The summed E-state index contributed by atoms with van der Waals surface area (Å²) in [6.07, 6.45) is 0. The van der Waals surface area contributed by atoms with E-state index < -0.39 is 0 Å². The number of phenols is 1. The average Bonchev–Trinajstić information content (AvgIpc) is 2.52. The summed E-state index contributed by atoms with van der Waals surface area (Å²) in [5.74, 6) is 0.242. The minimum atomic E-state index is 0.242. The van der Waals surface area contributed by atoms with E-state index in [1.165, 1.54) is 0 Å². The minimum Gasteiger partial charge on any atom is -0.508 e. The van der Waals surface area contributed by atoms with Gasteiger partial charge in [0.2, 0.25) is 0 Å². The molecule has 0 atom stereocenters. The van der Waals surface area contributed by atoms with Gasteiger partial charge in [0.15, 0.2) is 0 Å². The fourth-order valence-electron chi connectivity index (χ4n) is 2.26. The van der Waals surface area contributed by atoms with Gasteiger partial charge < -0.3 is 10.0 Å². The third-order valence-corrected chi connectivity index (χ3v) is 3.84. The lowest BCUT2D eigenvalue weighted by Crippen LogP contribution is -2.10. The van der Waals surface area contributed by atoms with Crippen LogP contribution in [0.5, 0.6) is 5.75 Å². The molecule has 0 radical (unpaired) electrons. The molecule has 3 rings (SSSR count). The predicted octanol–water partition coefficient (Wildman–Crippen LogP) is 5.62. The van der Waals surface area contributed by atoms with E-state index in [1.54, 1.807) is 12.1 Å². The molecular weight excluding hydrogens is 326 g/mol. The van der Waals surface area contributed by atoms with Gasteiger partial charge >= 0.3 is 0 Å². The van der Waals surface area contributed by atoms with E-state index in [0.717, 1.165) is 21.5 Å². The second kappa shape index (κ2) is 6.02. The van der Waals surface area contributed by atoms with Crippen molar-refractivity contribution < 1.29 is 5.11 Å². The fraction of sp³-hybridized carbons (Fsp3) is 0. The number of rotatable bonds is 3. The van der Waals surface area contributed by atoms with Gasteiger partial charge in [-0.25, -0.2) is 0 Å². The molecule has 3 heteroatoms. The molecule has 0 aliphatic carbocycles. The third kappa shape index (κ3) is 2.93. The second-order valence-corrected chi connectivity index (χ2v) is 5.50. The Morgan fingerprint density at radius 3 is 1.71 bits per heavy atom. The minimum absolute atomic E-state index is 0.242. The zero-order valence-electron chi connectivity index (χ0n) is 11.3. The van der Waals surface area contributed by atoms with Crippen LogP contribution in [-0.2, 0) is 0 Å². The fourth-order valence-corrected chi connectivity index (χ4v) is 2.80. The predicted molar refractivity (Wildman–Crippen MR) is 90.5 cm³/mol. The van der Waals surface area contributed by atoms with Gasteiger partial charge in [-0.1, -0.05) is 36.4 Å². The molecule has 0 aliphatic rings. The maximum Gasteiger partial charge on any atom is 0.116 e. The third-order valence-electron chi connectivity index (χ3n) is 3.20. The lowest BCUT2D eigenvalue weighted by molar-refractivity contribution is 0.475. The maximum atomic E-state index is 9.61. The molecule has 0 amide bonds. The normalized spacial score (nSPS) is 10.3. The zero-order valence-corrected chi connectivity index (χ0v) is 12.9. The van der Waals surface area contributed by atoms with E-state index in [0.29, 0.717) is 0 Å². The van der Waals surface area contributed by atoms with E-state index in [1.807, 2.05) is 42.5 Å². The lowest BCUT2D eigenvalue weighted by atomic mass is 10.2. The Morgan fingerprint density at radius 2 is 1.24 bits per heavy atom. The van der Waals surface area contributed by atoms with Crippen LogP contribution < -0.4 is 4.90 Å². The number of benzene rings is 3. The summed E-state index contributed by atoms with van der Waals surface area (Å²) in [6.45, 7) is 0. The first kappa shape index (κ1) is 13.7. The summed E-state index contributed by atoms with van der Waals surface area (Å²) >= 11 is 3.54. The summed E-state index contributed by atoms with van der Waals surface area (Å²) in [6, 6.07) is 25.6. The molecule has 2 nitrogen and oxygen atoms in total. The van der Waals surface area contributed by atoms with Gasteiger partial charge in [0.1, 0.15) is 5.75 Å². The van der Waals surface area contributed by atoms with Crippen LogP contribution in [0.25, 0.3) is 0 Å². The molecule has 0 aromatic heterocycles. The van der Waals surface area contributed by atoms with E-state index in [-0.39, 0.29) is 5.75 Å². The van der Waals surface area contributed by atoms with Crippen LogP contribution in [0.2, 0.25) is 0 Å². The van der Waals surface area contributed by atoms with Gasteiger partial charge in [-0.15, -0.1) is 0 Å². The van der Waals surface area contributed by atoms with Crippen molar-refractivity contribution in [2.45, 2.75) is 0 Å². The van der Waals surface area contributed by atoms with Crippen molar-refractivity contribution >= 4 is 33.0 Å². The number of para-hydroxylation sites is 2. The highest BCUT2D eigenvalue weighted by atomic mass is 79.9. The number of nitrogens with zero attached hydrogens (tertiary/aromatic N) is 1. The van der Waals surface area contributed by atoms with Crippen LogP contribution in [0.15, 0.2) is 83.3 Å². The Morgan fingerprint density at radius 1 is 0.714 bits per heavy atom. The van der Waals surface area contributed by atoms with Crippen molar-refractivity contribution in [1.29, 1.82) is 0 Å². The summed E-state index contributed by atoms with van der Waals surface area (Å²) in [5.41, 5.74) is 3.11. The summed E-state index contributed by atoms with van der Waals surface area (Å²) in [7, 11) is 0. The quantitative estimate of drug-likeness (QED) is 0.668. The van der Waals surface area contributed by atoms with Crippen LogP contribution in [-0.4, -0.2) is 5.11 Å². The van der Waals surface area contributed by atoms with Crippen LogP contribution >= 0.6 is 15.9 Å². The Hall–Kier alpha value is -2.26. The van der Waals surface area contributed by atoms with E-state index in [4.69, 9.17) is 0 Å². The zero-order chi connectivity index (χ0) is 14.7. The Bertz CT molecular complexity index is 689. The van der Waals surface area contributed by atoms with Crippen molar-refractivity contribution in [2.75, 3.05) is 4.90 Å². The van der Waals surface area contributed by atoms with Crippen LogP contribution in [0.3, 0.4) is 0 Å². The first-order chi connectivity index (χ1) is 10.3. The standard InChI is InChI=1S/C18H14BrNO/c19-17-13-16(21)11-12-18(17)20(14-7-3-1-4-8-14)15-9-5-2-6-10-15/h1-13,21H. The SMILES string of the molecule is Oc1ccc(N(c2ccccc2)c2ccccc2)c(Br)c1. The largest absolute Gasteiger partial charge is 0.508 e. The highest BCUT2D eigenvalue weighted by Gasteiger charge is 2.14. The smallest absolute Gasteiger partial charge is 0.116 e. The number of anilines is 3. The maximum absolute atomic E-state index is 9.61. The van der Waals surface area contributed by atoms with Crippen molar-refractivity contribution in [3.8, 4) is 5.75 Å². The first-order valence-corrected chi connectivity index (χ1v) is 7.44. The second-order valence-electron chi connectivity index (χ2n) is 4.64. The van der Waals surface area contributed by atoms with E-state index in [9.17, 15) is 5.11 Å². The molecule has 3 aromatic carbocycles. The molecular formula is C18H14BrNO. The highest BCUT2D eigenvalue weighted by Crippen LogP contribution is 2.39. The molecule has 0 saturated carbocycles. The molecule has 1 N–H and O–H groups in total. The van der Waals surface area contributed by atoms with Gasteiger partial charge in [0.25, 0.3) is 0 Å². The molecule has 0 bridgehead atoms. The number of hydrogen-bond acceptors (Lipinski definition) is 2. The topological polar surface area (TPSA) is 23.5 Å². The average molecular weight is 340 g/mol. The Labute approximate surface area is 132 Å². The van der Waals surface area contributed by atoms with Crippen LogP contribution in [0.4, 0.5) is 17.1 Å². The molecule has 0 unspecified atom stereocenters. The van der Waals surface area contributed by atoms with E-state index in [2.05, 4.69) is 45.1 Å². The molecule has 3 aromatic rings. The Kier molecular flexibility index (Phi) is 3.93. The Balaban J connectivity index is 2.17. The van der Waals surface area contributed by atoms with Crippen molar-refractivity contribution in [3.63, 3.8) is 0 Å². The number of hydrogen-bond donors (Lipinski definition) is 1. The molecule has 0 fully saturated rings. The lowest BCUT2D eigenvalue weighted by Gasteiger charge is -2.26. The van der Waals surface area contributed by atoms with Gasteiger partial charge in [0.05, 0.1) is 5.69 Å². The first-order valence-electron chi connectivity index (χ1n) is 6.64.